The van der Waals surface area contributed by atoms with Crippen LogP contribution in [-0.4, -0.2) is 29.9 Å². The molecule has 7 heteroatoms. The Bertz CT molecular complexity index is 816. The van der Waals surface area contributed by atoms with Gasteiger partial charge in [-0.1, -0.05) is 19.9 Å². The zero-order valence-corrected chi connectivity index (χ0v) is 16.1. The second kappa shape index (κ2) is 7.86. The highest BCUT2D eigenvalue weighted by Crippen LogP contribution is 2.34. The van der Waals surface area contributed by atoms with E-state index in [1.54, 1.807) is 10.3 Å². The van der Waals surface area contributed by atoms with Crippen molar-refractivity contribution in [2.45, 2.75) is 33.7 Å². The molecule has 2 amide bonds. The van der Waals surface area contributed by atoms with Gasteiger partial charge in [0.05, 0.1) is 12.2 Å². The molecule has 0 fully saturated rings. The fourth-order valence-electron chi connectivity index (χ4n) is 2.67. The van der Waals surface area contributed by atoms with Gasteiger partial charge in [0.25, 0.3) is 11.8 Å². The largest absolute Gasteiger partial charge is 0.482 e. The second-order valence-corrected chi connectivity index (χ2v) is 7.75. The Balaban J connectivity index is 1.69. The number of thiazole rings is 1. The third-order valence-electron chi connectivity index (χ3n) is 4.14. The molecule has 3 rings (SSSR count). The van der Waals surface area contributed by atoms with Crippen LogP contribution in [0, 0.1) is 12.8 Å². The van der Waals surface area contributed by atoms with Gasteiger partial charge >= 0.3 is 0 Å². The molecule has 0 unspecified atom stereocenters. The number of nitrogens with zero attached hydrogens (tertiary/aromatic N) is 2. The molecule has 1 aliphatic rings. The van der Waals surface area contributed by atoms with E-state index in [4.69, 9.17) is 4.74 Å². The Kier molecular flexibility index (Phi) is 5.56. The Morgan fingerprint density at radius 2 is 2.23 bits per heavy atom. The maximum absolute atomic E-state index is 12.3. The van der Waals surface area contributed by atoms with Crippen molar-refractivity contribution < 1.29 is 14.3 Å². The number of anilines is 1. The van der Waals surface area contributed by atoms with E-state index >= 15 is 0 Å². The highest BCUT2D eigenvalue weighted by atomic mass is 32.1. The average Bonchev–Trinajstić information content (AvgIpc) is 3.06. The highest BCUT2D eigenvalue weighted by Gasteiger charge is 2.26. The minimum absolute atomic E-state index is 0.0182. The summed E-state index contributed by atoms with van der Waals surface area (Å²) >= 11 is 1.38. The van der Waals surface area contributed by atoms with Gasteiger partial charge in [0.2, 0.25) is 0 Å². The molecule has 1 aromatic carbocycles. The molecule has 0 aliphatic carbocycles. The summed E-state index contributed by atoms with van der Waals surface area (Å²) in [5, 5.41) is 5.34. The monoisotopic (exact) mass is 373 g/mol. The van der Waals surface area contributed by atoms with Crippen molar-refractivity contribution >= 4 is 28.8 Å². The van der Waals surface area contributed by atoms with Gasteiger partial charge in [-0.3, -0.25) is 14.5 Å². The molecule has 2 aromatic rings. The van der Waals surface area contributed by atoms with Crippen molar-refractivity contribution in [3.05, 3.63) is 39.8 Å². The van der Waals surface area contributed by atoms with Crippen molar-refractivity contribution in [1.82, 2.24) is 10.3 Å². The fourth-order valence-corrected chi connectivity index (χ4v) is 3.44. The van der Waals surface area contributed by atoms with Crippen molar-refractivity contribution in [2.24, 2.45) is 5.92 Å². The number of benzene rings is 1. The minimum Gasteiger partial charge on any atom is -0.482 e. The highest BCUT2D eigenvalue weighted by molar-refractivity contribution is 7.09. The molecule has 0 saturated carbocycles. The first-order chi connectivity index (χ1) is 12.4. The number of carbonyl (C=O) groups excluding carboxylic acids is 2. The van der Waals surface area contributed by atoms with Crippen LogP contribution in [0.2, 0.25) is 0 Å². The fraction of sp³-hybridized carbons (Fsp3) is 0.421. The summed E-state index contributed by atoms with van der Waals surface area (Å²) in [6, 6.07) is 5.75. The van der Waals surface area contributed by atoms with E-state index in [0.29, 0.717) is 30.5 Å². The van der Waals surface area contributed by atoms with Gasteiger partial charge in [0.15, 0.2) is 6.61 Å². The Labute approximate surface area is 157 Å². The first-order valence-corrected chi connectivity index (χ1v) is 9.58. The summed E-state index contributed by atoms with van der Waals surface area (Å²) in [6.45, 7) is 7.21. The van der Waals surface area contributed by atoms with E-state index in [1.165, 1.54) is 11.3 Å². The Hall–Kier alpha value is -2.41. The normalized spacial score (nSPS) is 13.5. The molecule has 1 aromatic heterocycles. The van der Waals surface area contributed by atoms with Gasteiger partial charge in [0.1, 0.15) is 16.5 Å². The molecule has 1 aliphatic heterocycles. The SMILES string of the molecule is Cc1ccc2c(c1)OCC(=O)N2Cc1nc(C(=O)NCCC(C)C)cs1. The number of aryl methyl sites for hydroxylation is 1. The Morgan fingerprint density at radius 1 is 1.42 bits per heavy atom. The summed E-state index contributed by atoms with van der Waals surface area (Å²) in [6.07, 6.45) is 0.932. The van der Waals surface area contributed by atoms with Crippen LogP contribution in [0.25, 0.3) is 0 Å². The van der Waals surface area contributed by atoms with E-state index in [9.17, 15) is 9.59 Å². The van der Waals surface area contributed by atoms with Gasteiger partial charge in [-0.25, -0.2) is 4.98 Å². The maximum Gasteiger partial charge on any atom is 0.270 e. The van der Waals surface area contributed by atoms with Crippen LogP contribution in [0.4, 0.5) is 5.69 Å². The predicted octanol–water partition coefficient (Wildman–Crippen LogP) is 3.15. The number of hydrogen-bond donors (Lipinski definition) is 1. The second-order valence-electron chi connectivity index (χ2n) is 6.80. The quantitative estimate of drug-likeness (QED) is 0.844. The first kappa shape index (κ1) is 18.4. The third-order valence-corrected chi connectivity index (χ3v) is 4.98. The molecule has 0 radical (unpaired) electrons. The molecule has 138 valence electrons. The number of nitrogens with one attached hydrogen (secondary N) is 1. The van der Waals surface area contributed by atoms with Crippen LogP contribution in [0.1, 0.15) is 41.3 Å². The molecular weight excluding hydrogens is 350 g/mol. The molecule has 2 heterocycles. The molecule has 6 nitrogen and oxygen atoms in total. The summed E-state index contributed by atoms with van der Waals surface area (Å²) in [7, 11) is 0. The number of amides is 2. The number of aromatic nitrogens is 1. The summed E-state index contributed by atoms with van der Waals surface area (Å²) in [5.41, 5.74) is 2.22. The van der Waals surface area contributed by atoms with Gasteiger partial charge < -0.3 is 10.1 Å². The molecule has 0 bridgehead atoms. The lowest BCUT2D eigenvalue weighted by atomic mass is 10.1. The number of ether oxygens (including phenoxy) is 1. The van der Waals surface area contributed by atoms with Crippen LogP contribution in [0.3, 0.4) is 0 Å². The summed E-state index contributed by atoms with van der Waals surface area (Å²) < 4.78 is 5.52. The standard InChI is InChI=1S/C19H23N3O3S/c1-12(2)6-7-20-19(24)14-11-26-17(21-14)9-22-15-5-4-13(3)8-16(15)25-10-18(22)23/h4-5,8,11-12H,6-7,9-10H2,1-3H3,(H,20,24). The zero-order valence-electron chi connectivity index (χ0n) is 15.2. The molecule has 0 spiro atoms. The number of carbonyl (C=O) groups is 2. The maximum atomic E-state index is 12.3. The van der Waals surface area contributed by atoms with Gasteiger partial charge in [-0.2, -0.15) is 0 Å². The van der Waals surface area contributed by atoms with Crippen molar-refractivity contribution in [3.63, 3.8) is 0 Å². The van der Waals surface area contributed by atoms with E-state index in [0.717, 1.165) is 22.7 Å². The first-order valence-electron chi connectivity index (χ1n) is 8.70. The van der Waals surface area contributed by atoms with Crippen LogP contribution < -0.4 is 15.0 Å². The Morgan fingerprint density at radius 3 is 3.00 bits per heavy atom. The average molecular weight is 373 g/mol. The topological polar surface area (TPSA) is 71.5 Å². The number of fused-ring (bicyclic) bond motifs is 1. The van der Waals surface area contributed by atoms with E-state index in [1.807, 2.05) is 25.1 Å². The molecular formula is C19H23N3O3S. The van der Waals surface area contributed by atoms with Crippen LogP contribution >= 0.6 is 11.3 Å². The zero-order chi connectivity index (χ0) is 18.7. The molecule has 0 atom stereocenters. The van der Waals surface area contributed by atoms with E-state index in [2.05, 4.69) is 24.1 Å². The molecule has 0 saturated heterocycles. The smallest absolute Gasteiger partial charge is 0.270 e. The van der Waals surface area contributed by atoms with Crippen molar-refractivity contribution in [3.8, 4) is 5.75 Å². The molecule has 26 heavy (non-hydrogen) atoms. The van der Waals surface area contributed by atoms with E-state index < -0.39 is 0 Å². The van der Waals surface area contributed by atoms with Crippen LogP contribution in [-0.2, 0) is 11.3 Å². The molecule has 1 N–H and O–H groups in total. The lowest BCUT2D eigenvalue weighted by molar-refractivity contribution is -0.121. The minimum atomic E-state index is -0.169. The van der Waals surface area contributed by atoms with Crippen molar-refractivity contribution in [2.75, 3.05) is 18.1 Å². The predicted molar refractivity (Wildman–Crippen MR) is 102 cm³/mol. The lowest BCUT2D eigenvalue weighted by Crippen LogP contribution is -2.38. The lowest BCUT2D eigenvalue weighted by Gasteiger charge is -2.28. The van der Waals surface area contributed by atoms with Gasteiger partial charge in [0, 0.05) is 11.9 Å². The van der Waals surface area contributed by atoms with Gasteiger partial charge in [-0.05, 0) is 37.0 Å². The van der Waals surface area contributed by atoms with Gasteiger partial charge in [-0.15, -0.1) is 11.3 Å². The van der Waals surface area contributed by atoms with E-state index in [-0.39, 0.29) is 18.4 Å². The van der Waals surface area contributed by atoms with Crippen molar-refractivity contribution in [1.29, 1.82) is 0 Å². The third kappa shape index (κ3) is 4.22. The summed E-state index contributed by atoms with van der Waals surface area (Å²) in [5.74, 6) is 0.960. The number of rotatable bonds is 6. The summed E-state index contributed by atoms with van der Waals surface area (Å²) in [4.78, 5) is 30.5. The van der Waals surface area contributed by atoms with Crippen LogP contribution in [0.5, 0.6) is 5.75 Å². The number of hydrogen-bond acceptors (Lipinski definition) is 5. The van der Waals surface area contributed by atoms with Crippen LogP contribution in [0.15, 0.2) is 23.6 Å².